The number of anilines is 2. The van der Waals surface area contributed by atoms with Crippen LogP contribution >= 0.6 is 0 Å². The maximum absolute atomic E-state index is 11.2. The Balaban J connectivity index is 1.87. The number of nitrogen functional groups attached to an aromatic ring is 1. The second-order valence-corrected chi connectivity index (χ2v) is 4.89. The third-order valence-corrected chi connectivity index (χ3v) is 3.62. The Kier molecular flexibility index (Phi) is 2.85. The number of ether oxygens (including phenoxy) is 2. The van der Waals surface area contributed by atoms with Crippen LogP contribution in [0.4, 0.5) is 11.4 Å². The Morgan fingerprint density at radius 1 is 1.26 bits per heavy atom. The van der Waals surface area contributed by atoms with Crippen molar-refractivity contribution in [3.8, 4) is 11.5 Å². The molecule has 2 aliphatic rings. The van der Waals surface area contributed by atoms with Crippen LogP contribution in [0.5, 0.6) is 11.5 Å². The topological polar surface area (TPSA) is 90.8 Å². The molecule has 6 nitrogen and oxygen atoms in total. The highest BCUT2D eigenvalue weighted by molar-refractivity contribution is 5.80. The van der Waals surface area contributed by atoms with Crippen LogP contribution in [0.25, 0.3) is 0 Å². The van der Waals surface area contributed by atoms with E-state index in [4.69, 9.17) is 20.9 Å². The molecule has 1 aromatic rings. The Morgan fingerprint density at radius 3 is 2.58 bits per heavy atom. The van der Waals surface area contributed by atoms with Crippen molar-refractivity contribution in [1.82, 2.24) is 0 Å². The summed E-state index contributed by atoms with van der Waals surface area (Å²) in [4.78, 5) is 13.3. The summed E-state index contributed by atoms with van der Waals surface area (Å²) in [7, 11) is 0. The first-order valence-electron chi connectivity index (χ1n) is 6.38. The third kappa shape index (κ3) is 2.14. The molecule has 1 aromatic carbocycles. The molecule has 3 rings (SSSR count). The Morgan fingerprint density at radius 2 is 1.95 bits per heavy atom. The van der Waals surface area contributed by atoms with Crippen molar-refractivity contribution < 1.29 is 14.3 Å². The number of nitrogens with two attached hydrogens (primary N) is 2. The van der Waals surface area contributed by atoms with Gasteiger partial charge in [0, 0.05) is 25.2 Å². The van der Waals surface area contributed by atoms with Gasteiger partial charge in [0.25, 0.3) is 0 Å². The number of rotatable bonds is 2. The minimum absolute atomic E-state index is 0.104. The van der Waals surface area contributed by atoms with Crippen molar-refractivity contribution in [3.63, 3.8) is 0 Å². The van der Waals surface area contributed by atoms with Crippen molar-refractivity contribution in [3.05, 3.63) is 12.1 Å². The molecular weight excluding hydrogens is 246 g/mol. The van der Waals surface area contributed by atoms with Crippen LogP contribution in [-0.2, 0) is 4.79 Å². The van der Waals surface area contributed by atoms with Crippen LogP contribution in [0.2, 0.25) is 0 Å². The van der Waals surface area contributed by atoms with E-state index in [2.05, 4.69) is 4.90 Å². The van der Waals surface area contributed by atoms with Gasteiger partial charge in [-0.2, -0.15) is 0 Å². The predicted molar refractivity (Wildman–Crippen MR) is 71.4 cm³/mol. The second-order valence-electron chi connectivity index (χ2n) is 4.89. The summed E-state index contributed by atoms with van der Waals surface area (Å²) < 4.78 is 11.0. The van der Waals surface area contributed by atoms with Crippen LogP contribution in [0.15, 0.2) is 12.1 Å². The van der Waals surface area contributed by atoms with E-state index in [9.17, 15) is 4.79 Å². The van der Waals surface area contributed by atoms with Crippen molar-refractivity contribution in [2.24, 2.45) is 11.7 Å². The van der Waals surface area contributed by atoms with Crippen LogP contribution < -0.4 is 25.8 Å². The number of hydrogen-bond acceptors (Lipinski definition) is 5. The summed E-state index contributed by atoms with van der Waals surface area (Å²) in [5.41, 5.74) is 12.9. The molecule has 1 amide bonds. The molecular formula is C13H17N3O3. The summed E-state index contributed by atoms with van der Waals surface area (Å²) in [6.45, 7) is 2.47. The van der Waals surface area contributed by atoms with Crippen molar-refractivity contribution >= 4 is 17.3 Å². The number of primary amides is 1. The number of nitrogens with zero attached hydrogens (tertiary/aromatic N) is 1. The number of fused-ring (bicyclic) bond motifs is 1. The molecule has 1 fully saturated rings. The van der Waals surface area contributed by atoms with Gasteiger partial charge in [-0.05, 0) is 6.42 Å². The minimum atomic E-state index is -0.251. The van der Waals surface area contributed by atoms with E-state index in [-0.39, 0.29) is 11.8 Å². The summed E-state index contributed by atoms with van der Waals surface area (Å²) in [6, 6.07) is 3.66. The molecule has 1 unspecified atom stereocenters. The highest BCUT2D eigenvalue weighted by Crippen LogP contribution is 2.39. The predicted octanol–water partition coefficient (Wildman–Crippen LogP) is 0.352. The lowest BCUT2D eigenvalue weighted by Crippen LogP contribution is -2.27. The lowest BCUT2D eigenvalue weighted by atomic mass is 10.1. The first-order valence-corrected chi connectivity index (χ1v) is 6.38. The van der Waals surface area contributed by atoms with E-state index in [1.807, 2.05) is 6.07 Å². The van der Waals surface area contributed by atoms with E-state index in [0.717, 1.165) is 18.7 Å². The monoisotopic (exact) mass is 263 g/mol. The summed E-state index contributed by atoms with van der Waals surface area (Å²) in [5.74, 6) is 1.03. The third-order valence-electron chi connectivity index (χ3n) is 3.62. The van der Waals surface area contributed by atoms with Crippen LogP contribution in [0.1, 0.15) is 6.42 Å². The van der Waals surface area contributed by atoms with Crippen molar-refractivity contribution in [2.75, 3.05) is 36.9 Å². The molecule has 2 heterocycles. The molecule has 6 heteroatoms. The van der Waals surface area contributed by atoms with Crippen LogP contribution in [0, 0.1) is 5.92 Å². The van der Waals surface area contributed by atoms with Gasteiger partial charge >= 0.3 is 0 Å². The quantitative estimate of drug-likeness (QED) is 0.751. The lowest BCUT2D eigenvalue weighted by Gasteiger charge is -2.24. The number of carbonyl (C=O) groups excluding carboxylic acids is 1. The normalized spacial score (nSPS) is 21.5. The zero-order valence-electron chi connectivity index (χ0n) is 10.6. The molecule has 1 saturated heterocycles. The molecule has 0 spiro atoms. The average molecular weight is 263 g/mol. The fourth-order valence-corrected chi connectivity index (χ4v) is 2.58. The first-order chi connectivity index (χ1) is 9.15. The Hall–Kier alpha value is -2.11. The first kappa shape index (κ1) is 12.0. The average Bonchev–Trinajstić information content (AvgIpc) is 2.87. The molecule has 102 valence electrons. The maximum Gasteiger partial charge on any atom is 0.222 e. The molecule has 0 aliphatic carbocycles. The van der Waals surface area contributed by atoms with Crippen LogP contribution in [-0.4, -0.2) is 32.2 Å². The van der Waals surface area contributed by atoms with Crippen LogP contribution in [0.3, 0.4) is 0 Å². The van der Waals surface area contributed by atoms with Gasteiger partial charge in [-0.15, -0.1) is 0 Å². The fourth-order valence-electron chi connectivity index (χ4n) is 2.58. The summed E-state index contributed by atoms with van der Waals surface area (Å²) in [6.07, 6.45) is 0.767. The van der Waals surface area contributed by atoms with Gasteiger partial charge in [0.15, 0.2) is 11.5 Å². The highest BCUT2D eigenvalue weighted by atomic mass is 16.6. The Labute approximate surface area is 111 Å². The molecule has 0 bridgehead atoms. The fraction of sp³-hybridized carbons (Fsp3) is 0.462. The zero-order valence-corrected chi connectivity index (χ0v) is 10.6. The smallest absolute Gasteiger partial charge is 0.222 e. The van der Waals surface area contributed by atoms with E-state index in [1.54, 1.807) is 6.07 Å². The number of benzene rings is 1. The van der Waals surface area contributed by atoms with E-state index in [0.29, 0.717) is 36.9 Å². The van der Waals surface area contributed by atoms with E-state index >= 15 is 0 Å². The summed E-state index contributed by atoms with van der Waals surface area (Å²) in [5, 5.41) is 0. The number of carbonyl (C=O) groups is 1. The number of hydrogen-bond donors (Lipinski definition) is 2. The minimum Gasteiger partial charge on any atom is -0.486 e. The molecule has 0 radical (unpaired) electrons. The summed E-state index contributed by atoms with van der Waals surface area (Å²) >= 11 is 0. The maximum atomic E-state index is 11.2. The Bertz CT molecular complexity index is 518. The van der Waals surface area contributed by atoms with Gasteiger partial charge in [0.2, 0.25) is 5.91 Å². The van der Waals surface area contributed by atoms with Gasteiger partial charge < -0.3 is 25.8 Å². The lowest BCUT2D eigenvalue weighted by molar-refractivity contribution is -0.121. The highest BCUT2D eigenvalue weighted by Gasteiger charge is 2.28. The molecule has 19 heavy (non-hydrogen) atoms. The van der Waals surface area contributed by atoms with E-state index in [1.165, 1.54) is 0 Å². The number of amides is 1. The van der Waals surface area contributed by atoms with Crippen molar-refractivity contribution in [1.29, 1.82) is 0 Å². The largest absolute Gasteiger partial charge is 0.486 e. The van der Waals surface area contributed by atoms with Gasteiger partial charge in [0.05, 0.1) is 17.3 Å². The van der Waals surface area contributed by atoms with Gasteiger partial charge in [-0.25, -0.2) is 0 Å². The molecule has 4 N–H and O–H groups in total. The van der Waals surface area contributed by atoms with Gasteiger partial charge in [-0.1, -0.05) is 0 Å². The molecule has 2 aliphatic heterocycles. The molecule has 0 aromatic heterocycles. The molecule has 1 atom stereocenters. The zero-order chi connectivity index (χ0) is 13.4. The standard InChI is InChI=1S/C13H17N3O3/c14-9-5-11-12(19-4-3-18-11)6-10(9)16-2-1-8(7-16)13(15)17/h5-6,8H,1-4,7,14H2,(H2,15,17). The second kappa shape index (κ2) is 4.53. The van der Waals surface area contributed by atoms with Gasteiger partial charge in [0.1, 0.15) is 13.2 Å². The van der Waals surface area contributed by atoms with E-state index < -0.39 is 0 Å². The SMILES string of the molecule is NC(=O)C1CCN(c2cc3c(cc2N)OCCO3)C1. The van der Waals surface area contributed by atoms with Crippen molar-refractivity contribution in [2.45, 2.75) is 6.42 Å². The molecule has 0 saturated carbocycles. The van der Waals surface area contributed by atoms with Gasteiger partial charge in [-0.3, -0.25) is 4.79 Å².